The zero-order valence-electron chi connectivity index (χ0n) is 15.5. The summed E-state index contributed by atoms with van der Waals surface area (Å²) in [6.45, 7) is 3.03. The summed E-state index contributed by atoms with van der Waals surface area (Å²) in [5, 5.41) is 22.9. The summed E-state index contributed by atoms with van der Waals surface area (Å²) in [6.07, 6.45) is -0.0610. The Morgan fingerprint density at radius 3 is 2.74 bits per heavy atom. The molecule has 1 amide bonds. The number of hydrogen-bond donors (Lipinski definition) is 3. The fourth-order valence-corrected chi connectivity index (χ4v) is 3.78. The predicted octanol–water partition coefficient (Wildman–Crippen LogP) is -1.54. The van der Waals surface area contributed by atoms with E-state index in [9.17, 15) is 15.0 Å². The number of ether oxygens (including phenoxy) is 2. The largest absolute Gasteiger partial charge is 0.394 e. The molecule has 0 aromatic carbocycles. The quantitative estimate of drug-likeness (QED) is 0.522. The number of aromatic nitrogens is 1. The van der Waals surface area contributed by atoms with Gasteiger partial charge in [0.1, 0.15) is 24.6 Å². The lowest BCUT2D eigenvalue weighted by Crippen LogP contribution is -2.57. The SMILES string of the molecule is COCC(=O)NCC1OC(CO)C(O)C1N1CCN(c2ccccn2)CC1. The highest BCUT2D eigenvalue weighted by molar-refractivity contribution is 5.77. The molecule has 150 valence electrons. The molecule has 2 aliphatic heterocycles. The first kappa shape index (κ1) is 20.0. The number of carbonyl (C=O) groups is 1. The Balaban J connectivity index is 1.61. The lowest BCUT2D eigenvalue weighted by Gasteiger charge is -2.40. The molecule has 2 aliphatic rings. The van der Waals surface area contributed by atoms with Gasteiger partial charge in [0.15, 0.2) is 0 Å². The van der Waals surface area contributed by atoms with Crippen LogP contribution in [-0.2, 0) is 14.3 Å². The zero-order valence-corrected chi connectivity index (χ0v) is 15.5. The predicted molar refractivity (Wildman–Crippen MR) is 98.5 cm³/mol. The molecule has 27 heavy (non-hydrogen) atoms. The second kappa shape index (κ2) is 9.43. The summed E-state index contributed by atoms with van der Waals surface area (Å²) in [4.78, 5) is 20.5. The van der Waals surface area contributed by atoms with Gasteiger partial charge in [-0.05, 0) is 12.1 Å². The number of aliphatic hydroxyl groups is 2. The van der Waals surface area contributed by atoms with Crippen molar-refractivity contribution in [2.45, 2.75) is 24.4 Å². The number of carbonyl (C=O) groups excluding carboxylic acids is 1. The summed E-state index contributed by atoms with van der Waals surface area (Å²) in [7, 11) is 1.46. The molecule has 4 unspecified atom stereocenters. The van der Waals surface area contributed by atoms with Gasteiger partial charge in [-0.1, -0.05) is 6.07 Å². The number of pyridine rings is 1. The molecule has 2 fully saturated rings. The van der Waals surface area contributed by atoms with Crippen molar-refractivity contribution >= 4 is 11.7 Å². The fraction of sp³-hybridized carbons (Fsp3) is 0.667. The Morgan fingerprint density at radius 1 is 1.33 bits per heavy atom. The van der Waals surface area contributed by atoms with Crippen molar-refractivity contribution in [3.63, 3.8) is 0 Å². The molecule has 9 heteroatoms. The molecular formula is C18H28N4O5. The molecule has 0 aliphatic carbocycles. The molecule has 9 nitrogen and oxygen atoms in total. The third-order valence-corrected chi connectivity index (χ3v) is 5.13. The molecule has 0 spiro atoms. The van der Waals surface area contributed by atoms with Gasteiger partial charge in [0.05, 0.1) is 18.8 Å². The molecular weight excluding hydrogens is 352 g/mol. The highest BCUT2D eigenvalue weighted by atomic mass is 16.5. The molecule has 0 radical (unpaired) electrons. The molecule has 4 atom stereocenters. The third kappa shape index (κ3) is 4.74. The number of rotatable bonds is 7. The molecule has 1 aromatic rings. The fourth-order valence-electron chi connectivity index (χ4n) is 3.78. The maximum absolute atomic E-state index is 11.7. The Kier molecular flexibility index (Phi) is 6.97. The van der Waals surface area contributed by atoms with Crippen LogP contribution in [0.5, 0.6) is 0 Å². The molecule has 0 bridgehead atoms. The van der Waals surface area contributed by atoms with E-state index in [0.717, 1.165) is 32.0 Å². The van der Waals surface area contributed by atoms with Crippen LogP contribution in [0, 0.1) is 0 Å². The summed E-state index contributed by atoms with van der Waals surface area (Å²) in [5.74, 6) is 0.707. The molecule has 3 N–H and O–H groups in total. The van der Waals surface area contributed by atoms with E-state index in [-0.39, 0.29) is 37.8 Å². The van der Waals surface area contributed by atoms with E-state index in [1.807, 2.05) is 18.2 Å². The van der Waals surface area contributed by atoms with Crippen LogP contribution >= 0.6 is 0 Å². The minimum atomic E-state index is -0.805. The van der Waals surface area contributed by atoms with Gasteiger partial charge in [0.25, 0.3) is 0 Å². The maximum Gasteiger partial charge on any atom is 0.246 e. The van der Waals surface area contributed by atoms with Crippen LogP contribution in [0.4, 0.5) is 5.82 Å². The van der Waals surface area contributed by atoms with E-state index in [1.54, 1.807) is 6.20 Å². The van der Waals surface area contributed by atoms with Crippen LogP contribution < -0.4 is 10.2 Å². The Hall–Kier alpha value is -1.78. The number of hydrogen-bond acceptors (Lipinski definition) is 8. The van der Waals surface area contributed by atoms with E-state index >= 15 is 0 Å². The maximum atomic E-state index is 11.7. The molecule has 3 rings (SSSR count). The van der Waals surface area contributed by atoms with Crippen molar-refractivity contribution in [3.05, 3.63) is 24.4 Å². The Labute approximate surface area is 158 Å². The van der Waals surface area contributed by atoms with Crippen LogP contribution in [0.2, 0.25) is 0 Å². The molecule has 3 heterocycles. The van der Waals surface area contributed by atoms with E-state index in [1.165, 1.54) is 7.11 Å². The second-order valence-electron chi connectivity index (χ2n) is 6.82. The molecule has 0 saturated carbocycles. The standard InChI is InChI=1S/C18H28N4O5/c1-26-12-16(24)20-10-13-17(18(25)14(11-23)27-13)22-8-6-21(7-9-22)15-4-2-3-5-19-15/h2-5,13-14,17-18,23,25H,6-12H2,1H3,(H,20,24). The van der Waals surface area contributed by atoms with E-state index in [0.29, 0.717) is 0 Å². The number of amides is 1. The summed E-state index contributed by atoms with van der Waals surface area (Å²) in [5.41, 5.74) is 0. The first-order valence-corrected chi connectivity index (χ1v) is 9.24. The number of anilines is 1. The van der Waals surface area contributed by atoms with Crippen LogP contribution in [0.1, 0.15) is 0 Å². The lowest BCUT2D eigenvalue weighted by atomic mass is 10.0. The topological polar surface area (TPSA) is 107 Å². The van der Waals surface area contributed by atoms with Crippen LogP contribution in [-0.4, -0.2) is 103 Å². The molecule has 1 aromatic heterocycles. The van der Waals surface area contributed by atoms with Gasteiger partial charge in [-0.15, -0.1) is 0 Å². The van der Waals surface area contributed by atoms with E-state index in [2.05, 4.69) is 20.1 Å². The van der Waals surface area contributed by atoms with Gasteiger partial charge in [-0.2, -0.15) is 0 Å². The van der Waals surface area contributed by atoms with Crippen molar-refractivity contribution in [1.82, 2.24) is 15.2 Å². The summed E-state index contributed by atoms with van der Waals surface area (Å²) < 4.78 is 10.6. The average molecular weight is 380 g/mol. The molecule has 2 saturated heterocycles. The second-order valence-corrected chi connectivity index (χ2v) is 6.82. The van der Waals surface area contributed by atoms with Crippen LogP contribution in [0.25, 0.3) is 0 Å². The average Bonchev–Trinajstić information content (AvgIpc) is 3.03. The number of nitrogens with one attached hydrogen (secondary N) is 1. The van der Waals surface area contributed by atoms with Gasteiger partial charge in [-0.3, -0.25) is 9.69 Å². The number of aliphatic hydroxyl groups excluding tert-OH is 2. The third-order valence-electron chi connectivity index (χ3n) is 5.13. The van der Waals surface area contributed by atoms with Crippen molar-refractivity contribution in [2.75, 3.05) is 57.9 Å². The van der Waals surface area contributed by atoms with Gasteiger partial charge < -0.3 is 29.9 Å². The van der Waals surface area contributed by atoms with Crippen molar-refractivity contribution < 1.29 is 24.5 Å². The first-order chi connectivity index (χ1) is 13.1. The highest BCUT2D eigenvalue weighted by Crippen LogP contribution is 2.27. The number of nitrogens with zero attached hydrogens (tertiary/aromatic N) is 3. The highest BCUT2D eigenvalue weighted by Gasteiger charge is 2.46. The summed E-state index contributed by atoms with van der Waals surface area (Å²) >= 11 is 0. The van der Waals surface area contributed by atoms with Gasteiger partial charge in [0, 0.05) is 46.0 Å². The smallest absolute Gasteiger partial charge is 0.246 e. The first-order valence-electron chi connectivity index (χ1n) is 9.24. The van der Waals surface area contributed by atoms with Gasteiger partial charge in [-0.25, -0.2) is 4.98 Å². The monoisotopic (exact) mass is 380 g/mol. The Bertz CT molecular complexity index is 597. The van der Waals surface area contributed by atoms with Crippen molar-refractivity contribution in [1.29, 1.82) is 0 Å². The van der Waals surface area contributed by atoms with Crippen molar-refractivity contribution in [3.8, 4) is 0 Å². The van der Waals surface area contributed by atoms with Crippen molar-refractivity contribution in [2.24, 2.45) is 0 Å². The number of piperazine rings is 1. The number of methoxy groups -OCH3 is 1. The zero-order chi connectivity index (χ0) is 19.2. The Morgan fingerprint density at radius 2 is 2.11 bits per heavy atom. The summed E-state index contributed by atoms with van der Waals surface area (Å²) in [6, 6.07) is 5.56. The van der Waals surface area contributed by atoms with Gasteiger partial charge in [0.2, 0.25) is 5.91 Å². The lowest BCUT2D eigenvalue weighted by molar-refractivity contribution is -0.125. The minimum absolute atomic E-state index is 0.0217. The van der Waals surface area contributed by atoms with E-state index in [4.69, 9.17) is 9.47 Å². The minimum Gasteiger partial charge on any atom is -0.394 e. The van der Waals surface area contributed by atoms with Crippen LogP contribution in [0.3, 0.4) is 0 Å². The normalized spacial score (nSPS) is 29.1. The van der Waals surface area contributed by atoms with Crippen LogP contribution in [0.15, 0.2) is 24.4 Å². The van der Waals surface area contributed by atoms with Gasteiger partial charge >= 0.3 is 0 Å². The van der Waals surface area contributed by atoms with E-state index < -0.39 is 12.2 Å².